The van der Waals surface area contributed by atoms with Crippen LogP contribution in [0.1, 0.15) is 20.8 Å². The Hall–Kier alpha value is -2.66. The summed E-state index contributed by atoms with van der Waals surface area (Å²) in [5, 5.41) is 1.01. The highest BCUT2D eigenvalue weighted by Gasteiger charge is 2.22. The third-order valence-corrected chi connectivity index (χ3v) is 5.53. The Morgan fingerprint density at radius 1 is 1.04 bits per heavy atom. The molecule has 0 bridgehead atoms. The lowest BCUT2D eigenvalue weighted by molar-refractivity contribution is -0.135. The first-order valence-electron chi connectivity index (χ1n) is 8.21. The first-order valence-corrected chi connectivity index (χ1v) is 9.02. The summed E-state index contributed by atoms with van der Waals surface area (Å²) >= 11 is 1.38. The number of fused-ring (bicyclic) bond motifs is 2. The van der Waals surface area contributed by atoms with E-state index in [2.05, 4.69) is 6.07 Å². The van der Waals surface area contributed by atoms with Crippen LogP contribution in [-0.2, 0) is 22.5 Å². The van der Waals surface area contributed by atoms with Gasteiger partial charge in [0, 0.05) is 17.8 Å². The summed E-state index contributed by atoms with van der Waals surface area (Å²) in [6.45, 7) is 1.03. The predicted octanol–water partition coefficient (Wildman–Crippen LogP) is 3.64. The number of esters is 1. The normalized spacial score (nSPS) is 13.5. The van der Waals surface area contributed by atoms with Crippen LogP contribution in [0.15, 0.2) is 54.6 Å². The third-order valence-electron chi connectivity index (χ3n) is 4.44. The number of benzene rings is 2. The van der Waals surface area contributed by atoms with Crippen molar-refractivity contribution in [1.82, 2.24) is 4.90 Å². The zero-order valence-corrected chi connectivity index (χ0v) is 14.4. The zero-order chi connectivity index (χ0) is 17.2. The van der Waals surface area contributed by atoms with Crippen LogP contribution < -0.4 is 0 Å². The fraction of sp³-hybridized carbons (Fsp3) is 0.200. The summed E-state index contributed by atoms with van der Waals surface area (Å²) in [4.78, 5) is 26.9. The average Bonchev–Trinajstić information content (AvgIpc) is 3.09. The maximum absolute atomic E-state index is 12.4. The molecule has 0 saturated carbocycles. The van der Waals surface area contributed by atoms with Gasteiger partial charge in [0.2, 0.25) is 0 Å². The Bertz CT molecular complexity index is 914. The van der Waals surface area contributed by atoms with E-state index in [0.29, 0.717) is 18.0 Å². The first-order chi connectivity index (χ1) is 12.2. The van der Waals surface area contributed by atoms with Gasteiger partial charge in [0.05, 0.1) is 0 Å². The Kier molecular flexibility index (Phi) is 4.24. The van der Waals surface area contributed by atoms with Crippen molar-refractivity contribution >= 4 is 33.3 Å². The summed E-state index contributed by atoms with van der Waals surface area (Å²) in [7, 11) is 0. The third kappa shape index (κ3) is 3.28. The Morgan fingerprint density at radius 2 is 1.80 bits per heavy atom. The van der Waals surface area contributed by atoms with Gasteiger partial charge in [-0.3, -0.25) is 4.79 Å². The lowest BCUT2D eigenvalue weighted by atomic mass is 10.00. The van der Waals surface area contributed by atoms with Crippen molar-refractivity contribution in [3.8, 4) is 0 Å². The molecule has 0 atom stereocenters. The van der Waals surface area contributed by atoms with Gasteiger partial charge in [0.1, 0.15) is 4.88 Å². The van der Waals surface area contributed by atoms with E-state index in [9.17, 15) is 9.59 Å². The minimum absolute atomic E-state index is 0.149. The number of amides is 1. The summed E-state index contributed by atoms with van der Waals surface area (Å²) in [6, 6.07) is 17.7. The second-order valence-electron chi connectivity index (χ2n) is 6.06. The number of carbonyl (C=O) groups is 2. The molecule has 25 heavy (non-hydrogen) atoms. The van der Waals surface area contributed by atoms with E-state index in [1.54, 1.807) is 4.90 Å². The summed E-state index contributed by atoms with van der Waals surface area (Å²) in [6.07, 6.45) is 0.839. The number of hydrogen-bond donors (Lipinski definition) is 0. The molecule has 0 saturated heterocycles. The van der Waals surface area contributed by atoms with E-state index in [1.807, 2.05) is 48.5 Å². The number of thiophene rings is 1. The molecule has 2 aromatic carbocycles. The lowest BCUT2D eigenvalue weighted by Crippen LogP contribution is -2.38. The van der Waals surface area contributed by atoms with Crippen LogP contribution in [0.2, 0.25) is 0 Å². The maximum Gasteiger partial charge on any atom is 0.348 e. The molecule has 3 aromatic rings. The maximum atomic E-state index is 12.4. The van der Waals surface area contributed by atoms with Crippen LogP contribution in [0.25, 0.3) is 10.1 Å². The van der Waals surface area contributed by atoms with Crippen molar-refractivity contribution < 1.29 is 14.3 Å². The molecule has 2 heterocycles. The standard InChI is InChI=1S/C20H17NO3S/c22-19(21-10-9-14-5-1-2-7-16(14)12-21)13-24-20(23)18-11-15-6-3-4-8-17(15)25-18/h1-8,11H,9-10,12-13H2. The smallest absolute Gasteiger partial charge is 0.348 e. The van der Waals surface area contributed by atoms with Crippen molar-refractivity contribution in [2.45, 2.75) is 13.0 Å². The molecular weight excluding hydrogens is 334 g/mol. The summed E-state index contributed by atoms with van der Waals surface area (Å²) in [5.41, 5.74) is 2.45. The molecule has 1 amide bonds. The minimum Gasteiger partial charge on any atom is -0.451 e. The highest BCUT2D eigenvalue weighted by molar-refractivity contribution is 7.20. The topological polar surface area (TPSA) is 46.6 Å². The SMILES string of the molecule is O=C(OCC(=O)N1CCc2ccccc2C1)c1cc2ccccc2s1. The van der Waals surface area contributed by atoms with Crippen LogP contribution in [0.4, 0.5) is 0 Å². The molecule has 1 aromatic heterocycles. The molecule has 126 valence electrons. The van der Waals surface area contributed by atoms with E-state index in [0.717, 1.165) is 22.1 Å². The van der Waals surface area contributed by atoms with Crippen molar-refractivity contribution in [3.63, 3.8) is 0 Å². The number of ether oxygens (including phenoxy) is 1. The molecule has 0 spiro atoms. The largest absolute Gasteiger partial charge is 0.451 e. The molecule has 1 aliphatic heterocycles. The molecule has 4 nitrogen and oxygen atoms in total. The fourth-order valence-electron chi connectivity index (χ4n) is 3.08. The second-order valence-corrected chi connectivity index (χ2v) is 7.14. The van der Waals surface area contributed by atoms with Gasteiger partial charge in [-0.1, -0.05) is 42.5 Å². The predicted molar refractivity (Wildman–Crippen MR) is 97.7 cm³/mol. The average molecular weight is 351 g/mol. The number of nitrogens with zero attached hydrogens (tertiary/aromatic N) is 1. The Morgan fingerprint density at radius 3 is 2.64 bits per heavy atom. The molecule has 0 unspecified atom stereocenters. The van der Waals surface area contributed by atoms with Gasteiger partial charge in [-0.2, -0.15) is 0 Å². The molecule has 5 heteroatoms. The fourth-order valence-corrected chi connectivity index (χ4v) is 4.04. The molecule has 0 N–H and O–H groups in total. The number of hydrogen-bond acceptors (Lipinski definition) is 4. The number of carbonyl (C=O) groups excluding carboxylic acids is 2. The van der Waals surface area contributed by atoms with Crippen molar-refractivity contribution in [2.24, 2.45) is 0 Å². The van der Waals surface area contributed by atoms with E-state index in [4.69, 9.17) is 4.74 Å². The second kappa shape index (κ2) is 6.69. The highest BCUT2D eigenvalue weighted by Crippen LogP contribution is 2.26. The molecule has 0 fully saturated rings. The van der Waals surface area contributed by atoms with Crippen molar-refractivity contribution in [2.75, 3.05) is 13.2 Å². The van der Waals surface area contributed by atoms with Crippen LogP contribution in [-0.4, -0.2) is 29.9 Å². The van der Waals surface area contributed by atoms with Gasteiger partial charge >= 0.3 is 5.97 Å². The van der Waals surface area contributed by atoms with Gasteiger partial charge in [0.15, 0.2) is 6.61 Å². The van der Waals surface area contributed by atoms with Crippen LogP contribution in [0, 0.1) is 0 Å². The monoisotopic (exact) mass is 351 g/mol. The zero-order valence-electron chi connectivity index (χ0n) is 13.6. The molecule has 0 radical (unpaired) electrons. The van der Waals surface area contributed by atoms with Gasteiger partial charge in [-0.15, -0.1) is 11.3 Å². The highest BCUT2D eigenvalue weighted by atomic mass is 32.1. The van der Waals surface area contributed by atoms with Crippen molar-refractivity contribution in [1.29, 1.82) is 0 Å². The van der Waals surface area contributed by atoms with Gasteiger partial charge in [-0.05, 0) is 35.1 Å². The van der Waals surface area contributed by atoms with E-state index in [-0.39, 0.29) is 12.5 Å². The molecular formula is C20H17NO3S. The minimum atomic E-state index is -0.438. The van der Waals surface area contributed by atoms with Crippen molar-refractivity contribution in [3.05, 3.63) is 70.6 Å². The quantitative estimate of drug-likeness (QED) is 0.677. The number of rotatable bonds is 3. The van der Waals surface area contributed by atoms with Gasteiger partial charge in [0.25, 0.3) is 5.91 Å². The molecule has 4 rings (SSSR count). The lowest BCUT2D eigenvalue weighted by Gasteiger charge is -2.28. The Balaban J connectivity index is 1.38. The summed E-state index contributed by atoms with van der Waals surface area (Å²) in [5.74, 6) is -0.587. The molecule has 0 aliphatic carbocycles. The molecule has 1 aliphatic rings. The van der Waals surface area contributed by atoms with Crippen LogP contribution >= 0.6 is 11.3 Å². The van der Waals surface area contributed by atoms with Crippen LogP contribution in [0.3, 0.4) is 0 Å². The van der Waals surface area contributed by atoms with E-state index in [1.165, 1.54) is 16.9 Å². The first kappa shape index (κ1) is 15.8. The van der Waals surface area contributed by atoms with Gasteiger partial charge in [-0.25, -0.2) is 4.79 Å². The summed E-state index contributed by atoms with van der Waals surface area (Å²) < 4.78 is 6.28. The Labute approximate surface area is 149 Å². The van der Waals surface area contributed by atoms with E-state index < -0.39 is 5.97 Å². The van der Waals surface area contributed by atoms with Crippen LogP contribution in [0.5, 0.6) is 0 Å². The van der Waals surface area contributed by atoms with E-state index >= 15 is 0 Å². The van der Waals surface area contributed by atoms with Gasteiger partial charge < -0.3 is 9.64 Å².